The first-order chi connectivity index (χ1) is 11.2. The molecule has 2 aliphatic rings. The molecule has 0 N–H and O–H groups in total. The van der Waals surface area contributed by atoms with Gasteiger partial charge in [-0.2, -0.15) is 0 Å². The second-order valence-electron chi connectivity index (χ2n) is 7.57. The zero-order chi connectivity index (χ0) is 18.0. The van der Waals surface area contributed by atoms with Crippen LogP contribution in [0.25, 0.3) is 0 Å². The molecule has 0 aromatic carbocycles. The second-order valence-corrected chi connectivity index (χ2v) is 7.57. The second kappa shape index (κ2) is 7.73. The molecule has 3 nitrogen and oxygen atoms in total. The van der Waals surface area contributed by atoms with E-state index in [9.17, 15) is 4.39 Å². The van der Waals surface area contributed by atoms with Crippen LogP contribution in [-0.2, 0) is 9.47 Å². The summed E-state index contributed by atoms with van der Waals surface area (Å²) in [4.78, 5) is 2.24. The number of rotatable bonds is 2. The highest BCUT2D eigenvalue weighted by molar-refractivity contribution is 5.50. The maximum Gasteiger partial charge on any atom is 0.142 e. The average molecular weight is 337 g/mol. The summed E-state index contributed by atoms with van der Waals surface area (Å²) >= 11 is 0. The van der Waals surface area contributed by atoms with Crippen LogP contribution >= 0.6 is 0 Å². The first-order valence-electron chi connectivity index (χ1n) is 8.92. The number of halogens is 1. The van der Waals surface area contributed by atoms with E-state index in [0.717, 1.165) is 29.0 Å². The van der Waals surface area contributed by atoms with Crippen molar-refractivity contribution in [3.63, 3.8) is 0 Å². The lowest BCUT2D eigenvalue weighted by atomic mass is 9.96. The van der Waals surface area contributed by atoms with Gasteiger partial charge in [-0.05, 0) is 60.5 Å². The molecule has 2 heterocycles. The van der Waals surface area contributed by atoms with Gasteiger partial charge >= 0.3 is 0 Å². The lowest BCUT2D eigenvalue weighted by Gasteiger charge is -2.40. The van der Waals surface area contributed by atoms with Crippen LogP contribution in [0.2, 0.25) is 0 Å². The number of allylic oxidation sites excluding steroid dienone is 3. The number of ether oxygens (including phenoxy) is 2. The van der Waals surface area contributed by atoms with Crippen molar-refractivity contribution in [2.45, 2.75) is 73.2 Å². The zero-order valence-electron chi connectivity index (χ0n) is 16.2. The predicted molar refractivity (Wildman–Crippen MR) is 96.5 cm³/mol. The molecule has 0 spiro atoms. The average Bonchev–Trinajstić information content (AvgIpc) is 2.62. The number of hydrogen-bond acceptors (Lipinski definition) is 3. The first-order valence-corrected chi connectivity index (χ1v) is 8.92. The van der Waals surface area contributed by atoms with Crippen LogP contribution in [0.5, 0.6) is 0 Å². The molecule has 0 bridgehead atoms. The van der Waals surface area contributed by atoms with Gasteiger partial charge in [-0.1, -0.05) is 11.1 Å². The van der Waals surface area contributed by atoms with Crippen molar-refractivity contribution in [1.29, 1.82) is 0 Å². The van der Waals surface area contributed by atoms with Gasteiger partial charge < -0.3 is 14.4 Å². The van der Waals surface area contributed by atoms with E-state index >= 15 is 0 Å². The van der Waals surface area contributed by atoms with Gasteiger partial charge in [0.25, 0.3) is 0 Å². The molecule has 2 rings (SSSR count). The molecule has 3 unspecified atom stereocenters. The zero-order valence-corrected chi connectivity index (χ0v) is 16.2. The maximum atomic E-state index is 14.0. The van der Waals surface area contributed by atoms with Crippen molar-refractivity contribution < 1.29 is 13.9 Å². The molecule has 4 heteroatoms. The topological polar surface area (TPSA) is 21.7 Å². The fourth-order valence-corrected chi connectivity index (χ4v) is 3.66. The third-order valence-electron chi connectivity index (χ3n) is 4.57. The van der Waals surface area contributed by atoms with E-state index in [2.05, 4.69) is 46.4 Å². The standard InChI is InChI=1S/C20H32FNO2/c1-12(2)18-19(13(3)4)22(10-15(7)21)16-8-9-23-11-17(16)24-20(18)14(5)6/h15-17H,8-11H2,1-7H3. The molecule has 2 saturated heterocycles. The van der Waals surface area contributed by atoms with Crippen LogP contribution in [0, 0.1) is 0 Å². The molecule has 24 heavy (non-hydrogen) atoms. The summed E-state index contributed by atoms with van der Waals surface area (Å²) in [5.41, 5.74) is 5.78. The van der Waals surface area contributed by atoms with Crippen molar-refractivity contribution in [3.05, 3.63) is 33.7 Å². The monoisotopic (exact) mass is 337 g/mol. The van der Waals surface area contributed by atoms with Crippen molar-refractivity contribution in [1.82, 2.24) is 4.90 Å². The Morgan fingerprint density at radius 1 is 1.12 bits per heavy atom. The Bertz CT molecular complexity index is 562. The summed E-state index contributed by atoms with van der Waals surface area (Å²) in [5.74, 6) is 0.931. The lowest BCUT2D eigenvalue weighted by molar-refractivity contribution is -0.0639. The van der Waals surface area contributed by atoms with E-state index in [1.807, 2.05) is 0 Å². The third-order valence-corrected chi connectivity index (χ3v) is 4.57. The van der Waals surface area contributed by atoms with Gasteiger partial charge in [0, 0.05) is 24.4 Å². The van der Waals surface area contributed by atoms with Crippen molar-refractivity contribution in [3.8, 4) is 0 Å². The van der Waals surface area contributed by atoms with Crippen molar-refractivity contribution in [2.24, 2.45) is 0 Å². The van der Waals surface area contributed by atoms with Gasteiger partial charge in [0.15, 0.2) is 0 Å². The Kier molecular flexibility index (Phi) is 6.13. The Hall–Kier alpha value is -1.29. The number of fused-ring (bicyclic) bond motifs is 1. The first kappa shape index (κ1) is 19.0. The van der Waals surface area contributed by atoms with E-state index < -0.39 is 6.17 Å². The quantitative estimate of drug-likeness (QED) is 0.725. The summed E-state index contributed by atoms with van der Waals surface area (Å²) in [6.07, 6.45) is -0.0941. The predicted octanol–water partition coefficient (Wildman–Crippen LogP) is 4.76. The van der Waals surface area contributed by atoms with Gasteiger partial charge in [0.05, 0.1) is 12.6 Å². The molecule has 3 atom stereocenters. The fraction of sp³-hybridized carbons (Fsp3) is 0.700. The van der Waals surface area contributed by atoms with Crippen LogP contribution in [0.3, 0.4) is 0 Å². The summed E-state index contributed by atoms with van der Waals surface area (Å²) in [6.45, 7) is 15.9. The van der Waals surface area contributed by atoms with E-state index in [4.69, 9.17) is 9.47 Å². The summed E-state index contributed by atoms with van der Waals surface area (Å²) in [7, 11) is 0. The highest BCUT2D eigenvalue weighted by Crippen LogP contribution is 2.39. The van der Waals surface area contributed by atoms with Crippen molar-refractivity contribution >= 4 is 0 Å². The summed E-state index contributed by atoms with van der Waals surface area (Å²) in [6, 6.07) is 0.146. The van der Waals surface area contributed by atoms with Crippen molar-refractivity contribution in [2.75, 3.05) is 19.8 Å². The minimum Gasteiger partial charge on any atom is -0.485 e. The SMILES string of the molecule is CC(C)=C1OC2COCCC2N(CC(C)F)C(=C(C)C)C1=C(C)C. The lowest BCUT2D eigenvalue weighted by Crippen LogP contribution is -2.49. The highest BCUT2D eigenvalue weighted by atomic mass is 19.1. The van der Waals surface area contributed by atoms with Crippen LogP contribution in [0.15, 0.2) is 33.7 Å². The van der Waals surface area contributed by atoms with Gasteiger partial charge in [0.1, 0.15) is 18.0 Å². The molecule has 0 aliphatic carbocycles. The minimum atomic E-state index is -0.894. The molecular weight excluding hydrogens is 305 g/mol. The van der Waals surface area contributed by atoms with Crippen LogP contribution in [0.4, 0.5) is 4.39 Å². The summed E-state index contributed by atoms with van der Waals surface area (Å²) < 4.78 is 26.1. The molecule has 0 aromatic heterocycles. The molecule has 2 aliphatic heterocycles. The van der Waals surface area contributed by atoms with Gasteiger partial charge in [-0.15, -0.1) is 0 Å². The molecule has 136 valence electrons. The smallest absolute Gasteiger partial charge is 0.142 e. The molecule has 0 aromatic rings. The van der Waals surface area contributed by atoms with Crippen LogP contribution in [-0.4, -0.2) is 43.0 Å². The van der Waals surface area contributed by atoms with E-state index in [1.54, 1.807) is 6.92 Å². The normalized spacial score (nSPS) is 25.7. The Morgan fingerprint density at radius 3 is 2.29 bits per heavy atom. The Labute approximate surface area is 146 Å². The van der Waals surface area contributed by atoms with E-state index in [1.165, 1.54) is 11.1 Å². The Morgan fingerprint density at radius 2 is 1.79 bits per heavy atom. The van der Waals surface area contributed by atoms with Crippen LogP contribution in [0.1, 0.15) is 54.9 Å². The molecule has 0 amide bonds. The summed E-state index contributed by atoms with van der Waals surface area (Å²) in [5, 5.41) is 0. The molecule has 2 fully saturated rings. The van der Waals surface area contributed by atoms with E-state index in [-0.39, 0.29) is 12.1 Å². The van der Waals surface area contributed by atoms with E-state index in [0.29, 0.717) is 19.8 Å². The largest absolute Gasteiger partial charge is 0.485 e. The third kappa shape index (κ3) is 3.85. The van der Waals surface area contributed by atoms with Crippen LogP contribution < -0.4 is 0 Å². The van der Waals surface area contributed by atoms with Gasteiger partial charge in [-0.3, -0.25) is 0 Å². The van der Waals surface area contributed by atoms with Gasteiger partial charge in [-0.25, -0.2) is 4.39 Å². The number of hydrogen-bond donors (Lipinski definition) is 0. The molecule has 0 radical (unpaired) electrons. The maximum absolute atomic E-state index is 14.0. The number of alkyl halides is 1. The minimum absolute atomic E-state index is 0.0615. The fourth-order valence-electron chi connectivity index (χ4n) is 3.66. The van der Waals surface area contributed by atoms with Gasteiger partial charge in [0.2, 0.25) is 0 Å². The molecular formula is C20H32FNO2. The highest BCUT2D eigenvalue weighted by Gasteiger charge is 2.40. The number of nitrogens with zero attached hydrogens (tertiary/aromatic N) is 1. The Balaban J connectivity index is 2.69. The molecule has 0 saturated carbocycles.